The summed E-state index contributed by atoms with van der Waals surface area (Å²) in [6, 6.07) is -0.492. The number of nitrogens with one attached hydrogen (secondary N) is 1. The molecule has 0 saturated carbocycles. The van der Waals surface area contributed by atoms with Gasteiger partial charge in [0.1, 0.15) is 4.90 Å². The highest BCUT2D eigenvalue weighted by molar-refractivity contribution is 7.89. The third-order valence-electron chi connectivity index (χ3n) is 3.02. The first-order valence-corrected chi connectivity index (χ1v) is 7.32. The SMILES string of the molecule is Cc1nn(C)c(C)c1S(=O)(=O)NC(CO)C(C)C. The Kier molecular flexibility index (Phi) is 4.52. The molecule has 104 valence electrons. The predicted molar refractivity (Wildman–Crippen MR) is 68.7 cm³/mol. The monoisotopic (exact) mass is 275 g/mol. The molecule has 6 nitrogen and oxygen atoms in total. The van der Waals surface area contributed by atoms with Gasteiger partial charge in [-0.05, 0) is 19.8 Å². The summed E-state index contributed by atoms with van der Waals surface area (Å²) in [6.07, 6.45) is 0. The zero-order valence-electron chi connectivity index (χ0n) is 11.4. The summed E-state index contributed by atoms with van der Waals surface area (Å²) < 4.78 is 28.6. The van der Waals surface area contributed by atoms with E-state index >= 15 is 0 Å². The zero-order valence-corrected chi connectivity index (χ0v) is 12.2. The number of nitrogens with zero attached hydrogens (tertiary/aromatic N) is 2. The Labute approximate surface area is 108 Å². The Morgan fingerprint density at radius 2 is 1.94 bits per heavy atom. The van der Waals surface area contributed by atoms with Crippen molar-refractivity contribution >= 4 is 10.0 Å². The first kappa shape index (κ1) is 15.1. The molecular weight excluding hydrogens is 254 g/mol. The van der Waals surface area contributed by atoms with Gasteiger partial charge in [0, 0.05) is 13.1 Å². The number of rotatable bonds is 5. The Balaban J connectivity index is 3.14. The number of aryl methyl sites for hydroxylation is 2. The van der Waals surface area contributed by atoms with Gasteiger partial charge in [0.25, 0.3) is 0 Å². The van der Waals surface area contributed by atoms with E-state index in [-0.39, 0.29) is 17.4 Å². The van der Waals surface area contributed by atoms with Crippen LogP contribution < -0.4 is 4.72 Å². The maximum Gasteiger partial charge on any atom is 0.244 e. The molecule has 0 aliphatic heterocycles. The standard InChI is InChI=1S/C11H21N3O3S/c1-7(2)10(6-15)13-18(16,17)11-8(3)12-14(5)9(11)4/h7,10,13,15H,6H2,1-5H3. The van der Waals surface area contributed by atoms with Crippen LogP contribution in [0.25, 0.3) is 0 Å². The van der Waals surface area contributed by atoms with Crippen LogP contribution in [0.1, 0.15) is 25.2 Å². The summed E-state index contributed by atoms with van der Waals surface area (Å²) >= 11 is 0. The number of sulfonamides is 1. The summed E-state index contributed by atoms with van der Waals surface area (Å²) in [7, 11) is -1.95. The Bertz CT molecular complexity index is 520. The van der Waals surface area contributed by atoms with Crippen LogP contribution in [0.3, 0.4) is 0 Å². The van der Waals surface area contributed by atoms with Gasteiger partial charge in [-0.15, -0.1) is 0 Å². The van der Waals surface area contributed by atoms with Gasteiger partial charge < -0.3 is 5.11 Å². The maximum absolute atomic E-state index is 12.3. The molecule has 1 atom stereocenters. The lowest BCUT2D eigenvalue weighted by Gasteiger charge is -2.19. The van der Waals surface area contributed by atoms with Crippen molar-refractivity contribution in [3.63, 3.8) is 0 Å². The van der Waals surface area contributed by atoms with Gasteiger partial charge in [0.15, 0.2) is 0 Å². The molecule has 0 spiro atoms. The van der Waals surface area contributed by atoms with Crippen LogP contribution in [0.15, 0.2) is 4.90 Å². The lowest BCUT2D eigenvalue weighted by Crippen LogP contribution is -2.41. The normalized spacial score (nSPS) is 14.2. The molecule has 0 aliphatic rings. The van der Waals surface area contributed by atoms with Gasteiger partial charge in [-0.25, -0.2) is 13.1 Å². The van der Waals surface area contributed by atoms with E-state index in [2.05, 4.69) is 9.82 Å². The predicted octanol–water partition coefficient (Wildman–Crippen LogP) is 0.332. The van der Waals surface area contributed by atoms with E-state index in [0.29, 0.717) is 11.4 Å². The van der Waals surface area contributed by atoms with E-state index in [1.807, 2.05) is 13.8 Å². The largest absolute Gasteiger partial charge is 0.395 e. The number of aliphatic hydroxyl groups excluding tert-OH is 1. The molecular formula is C11H21N3O3S. The summed E-state index contributed by atoms with van der Waals surface area (Å²) in [4.78, 5) is 0.198. The molecule has 0 saturated heterocycles. The minimum absolute atomic E-state index is 0.0158. The molecule has 1 heterocycles. The third kappa shape index (κ3) is 2.90. The van der Waals surface area contributed by atoms with Crippen LogP contribution in [0.5, 0.6) is 0 Å². The van der Waals surface area contributed by atoms with Crippen molar-refractivity contribution in [2.75, 3.05) is 6.61 Å². The molecule has 7 heteroatoms. The van der Waals surface area contributed by atoms with Crippen molar-refractivity contribution in [3.8, 4) is 0 Å². The minimum atomic E-state index is -3.65. The molecule has 1 rings (SSSR count). The van der Waals surface area contributed by atoms with Gasteiger partial charge in [-0.3, -0.25) is 4.68 Å². The highest BCUT2D eigenvalue weighted by Gasteiger charge is 2.27. The Morgan fingerprint density at radius 3 is 2.28 bits per heavy atom. The van der Waals surface area contributed by atoms with Crippen LogP contribution in [-0.2, 0) is 17.1 Å². The van der Waals surface area contributed by atoms with Crippen molar-refractivity contribution in [1.82, 2.24) is 14.5 Å². The molecule has 0 aromatic carbocycles. The molecule has 2 N–H and O–H groups in total. The van der Waals surface area contributed by atoms with Gasteiger partial charge >= 0.3 is 0 Å². The molecule has 0 radical (unpaired) electrons. The lowest BCUT2D eigenvalue weighted by molar-refractivity contribution is 0.227. The van der Waals surface area contributed by atoms with Gasteiger partial charge in [-0.1, -0.05) is 13.8 Å². The smallest absolute Gasteiger partial charge is 0.244 e. The highest BCUT2D eigenvalue weighted by atomic mass is 32.2. The third-order valence-corrected chi connectivity index (χ3v) is 4.76. The van der Waals surface area contributed by atoms with Crippen molar-refractivity contribution in [2.45, 2.75) is 38.6 Å². The van der Waals surface area contributed by atoms with E-state index < -0.39 is 16.1 Å². The van der Waals surface area contributed by atoms with Crippen LogP contribution in [0.2, 0.25) is 0 Å². The molecule has 1 aromatic heterocycles. The fourth-order valence-electron chi connectivity index (χ4n) is 1.79. The first-order valence-electron chi connectivity index (χ1n) is 5.84. The lowest BCUT2D eigenvalue weighted by atomic mass is 10.1. The summed E-state index contributed by atoms with van der Waals surface area (Å²) in [5.74, 6) is 0.0158. The van der Waals surface area contributed by atoms with E-state index in [1.165, 1.54) is 4.68 Å². The average molecular weight is 275 g/mol. The highest BCUT2D eigenvalue weighted by Crippen LogP contribution is 2.19. The summed E-state index contributed by atoms with van der Waals surface area (Å²) in [6.45, 7) is 6.84. The first-order chi connectivity index (χ1) is 8.20. The van der Waals surface area contributed by atoms with Gasteiger partial charge in [0.2, 0.25) is 10.0 Å². The van der Waals surface area contributed by atoms with Crippen LogP contribution in [0.4, 0.5) is 0 Å². The molecule has 18 heavy (non-hydrogen) atoms. The van der Waals surface area contributed by atoms with Gasteiger partial charge in [0.05, 0.1) is 18.0 Å². The van der Waals surface area contributed by atoms with Crippen LogP contribution in [-0.4, -0.2) is 36.0 Å². The van der Waals surface area contributed by atoms with Crippen molar-refractivity contribution in [2.24, 2.45) is 13.0 Å². The van der Waals surface area contributed by atoms with E-state index in [0.717, 1.165) is 0 Å². The van der Waals surface area contributed by atoms with Gasteiger partial charge in [-0.2, -0.15) is 5.10 Å². The molecule has 0 fully saturated rings. The van der Waals surface area contributed by atoms with Crippen molar-refractivity contribution in [1.29, 1.82) is 0 Å². The van der Waals surface area contributed by atoms with Crippen LogP contribution in [0, 0.1) is 19.8 Å². The molecule has 1 unspecified atom stereocenters. The quantitative estimate of drug-likeness (QED) is 0.811. The molecule has 0 bridgehead atoms. The second-order valence-corrected chi connectivity index (χ2v) is 6.43. The van der Waals surface area contributed by atoms with E-state index in [9.17, 15) is 13.5 Å². The second-order valence-electron chi connectivity index (χ2n) is 4.78. The zero-order chi connectivity index (χ0) is 14.1. The van der Waals surface area contributed by atoms with Crippen molar-refractivity contribution in [3.05, 3.63) is 11.4 Å². The maximum atomic E-state index is 12.3. The van der Waals surface area contributed by atoms with Crippen molar-refractivity contribution < 1.29 is 13.5 Å². The molecule has 0 aliphatic carbocycles. The summed E-state index contributed by atoms with van der Waals surface area (Å²) in [5.41, 5.74) is 1.04. The fourth-order valence-corrected chi connectivity index (χ4v) is 3.60. The van der Waals surface area contributed by atoms with Crippen LogP contribution >= 0.6 is 0 Å². The Hall–Kier alpha value is -0.920. The second kappa shape index (κ2) is 5.38. The fraction of sp³-hybridized carbons (Fsp3) is 0.727. The Morgan fingerprint density at radius 1 is 1.39 bits per heavy atom. The molecule has 1 aromatic rings. The topological polar surface area (TPSA) is 84.2 Å². The molecule has 0 amide bonds. The number of hydrogen-bond acceptors (Lipinski definition) is 4. The minimum Gasteiger partial charge on any atom is -0.395 e. The summed E-state index contributed by atoms with van der Waals surface area (Å²) in [5, 5.41) is 13.3. The average Bonchev–Trinajstić information content (AvgIpc) is 2.49. The number of hydrogen-bond donors (Lipinski definition) is 2. The van der Waals surface area contributed by atoms with E-state index in [4.69, 9.17) is 0 Å². The van der Waals surface area contributed by atoms with E-state index in [1.54, 1.807) is 20.9 Å². The number of aromatic nitrogens is 2. The number of aliphatic hydroxyl groups is 1.